The smallest absolute Gasteiger partial charge is 0.397 e. The molecule has 0 N–H and O–H groups in total. The maximum Gasteiger partial charge on any atom is 0.416 e. The van der Waals surface area contributed by atoms with Crippen LogP contribution in [-0.2, 0) is 21.1 Å². The summed E-state index contributed by atoms with van der Waals surface area (Å²) in [6.45, 7) is 0. The first kappa shape index (κ1) is 16.7. The highest BCUT2D eigenvalue weighted by Crippen LogP contribution is 2.32. The average Bonchev–Trinajstić information content (AvgIpc) is 2.52. The van der Waals surface area contributed by atoms with Crippen molar-refractivity contribution in [3.05, 3.63) is 59.7 Å². The Morgan fingerprint density at radius 1 is 0.909 bits per heavy atom. The van der Waals surface area contributed by atoms with Crippen LogP contribution in [0.2, 0.25) is 0 Å². The van der Waals surface area contributed by atoms with Crippen molar-refractivity contribution in [3.63, 3.8) is 0 Å². The highest BCUT2D eigenvalue weighted by molar-refractivity contribution is 6.43. The Morgan fingerprint density at radius 3 is 2.09 bits per heavy atom. The fourth-order valence-corrected chi connectivity index (χ4v) is 3.11. The van der Waals surface area contributed by atoms with E-state index in [1.807, 2.05) is 24.3 Å². The van der Waals surface area contributed by atoms with Gasteiger partial charge in [0.15, 0.2) is 0 Å². The lowest BCUT2D eigenvalue weighted by Gasteiger charge is -2.11. The second-order valence-electron chi connectivity index (χ2n) is 4.73. The summed E-state index contributed by atoms with van der Waals surface area (Å²) in [7, 11) is 1.89. The van der Waals surface area contributed by atoms with Crippen molar-refractivity contribution in [2.75, 3.05) is 14.2 Å². The summed E-state index contributed by atoms with van der Waals surface area (Å²) in [5.74, 6) is 0. The van der Waals surface area contributed by atoms with E-state index >= 15 is 0 Å². The molecule has 0 fully saturated rings. The van der Waals surface area contributed by atoms with Crippen molar-refractivity contribution in [2.45, 2.75) is 12.2 Å². The number of alkyl halides is 3. The standard InChI is InChI=1S/C16H16F3O2Si/c1-20-22(21-2)11-12-6-8-13(9-7-12)14-4-3-5-15(10-14)16(17,18)19/h3-10H,11H2,1-2H3. The van der Waals surface area contributed by atoms with E-state index < -0.39 is 21.0 Å². The van der Waals surface area contributed by atoms with Gasteiger partial charge in [-0.2, -0.15) is 13.2 Å². The molecule has 0 heterocycles. The fraction of sp³-hybridized carbons (Fsp3) is 0.250. The number of halogens is 3. The molecule has 117 valence electrons. The summed E-state index contributed by atoms with van der Waals surface area (Å²) in [4.78, 5) is 0. The van der Waals surface area contributed by atoms with Gasteiger partial charge in [-0.15, -0.1) is 0 Å². The molecule has 0 aliphatic carbocycles. The molecule has 0 bridgehead atoms. The molecule has 1 radical (unpaired) electrons. The molecule has 0 aromatic heterocycles. The summed E-state index contributed by atoms with van der Waals surface area (Å²) < 4.78 is 48.7. The quantitative estimate of drug-likeness (QED) is 0.766. The van der Waals surface area contributed by atoms with Gasteiger partial charge in [0, 0.05) is 20.3 Å². The number of benzene rings is 2. The van der Waals surface area contributed by atoms with Gasteiger partial charge in [0.05, 0.1) is 5.56 Å². The van der Waals surface area contributed by atoms with Crippen LogP contribution in [0, 0.1) is 0 Å². The number of hydrogen-bond acceptors (Lipinski definition) is 2. The van der Waals surface area contributed by atoms with Gasteiger partial charge < -0.3 is 8.85 Å². The third kappa shape index (κ3) is 4.19. The minimum Gasteiger partial charge on any atom is -0.397 e. The van der Waals surface area contributed by atoms with E-state index in [9.17, 15) is 13.2 Å². The third-order valence-corrected chi connectivity index (χ3v) is 4.89. The Labute approximate surface area is 129 Å². The van der Waals surface area contributed by atoms with Crippen LogP contribution in [-0.4, -0.2) is 23.5 Å². The van der Waals surface area contributed by atoms with Crippen LogP contribution in [0.25, 0.3) is 11.1 Å². The van der Waals surface area contributed by atoms with Crippen molar-refractivity contribution in [3.8, 4) is 11.1 Å². The predicted molar refractivity (Wildman–Crippen MR) is 80.4 cm³/mol. The second-order valence-corrected chi connectivity index (χ2v) is 6.65. The molecule has 2 rings (SSSR count). The second kappa shape index (κ2) is 7.08. The SMILES string of the molecule is CO[Si](Cc1ccc(-c2cccc(C(F)(F)F)c2)cc1)OC. The maximum absolute atomic E-state index is 12.7. The fourth-order valence-electron chi connectivity index (χ4n) is 2.08. The minimum atomic E-state index is -4.33. The maximum atomic E-state index is 12.7. The largest absolute Gasteiger partial charge is 0.416 e. The van der Waals surface area contributed by atoms with Crippen molar-refractivity contribution < 1.29 is 22.0 Å². The molecular weight excluding hydrogens is 309 g/mol. The van der Waals surface area contributed by atoms with Gasteiger partial charge >= 0.3 is 15.5 Å². The van der Waals surface area contributed by atoms with Crippen molar-refractivity contribution in [1.29, 1.82) is 0 Å². The molecule has 2 aromatic rings. The molecule has 0 aliphatic rings. The van der Waals surface area contributed by atoms with Crippen LogP contribution in [0.1, 0.15) is 11.1 Å². The van der Waals surface area contributed by atoms with Gasteiger partial charge in [0.25, 0.3) is 0 Å². The first-order chi connectivity index (χ1) is 10.4. The summed E-state index contributed by atoms with van der Waals surface area (Å²) in [5, 5.41) is 0. The lowest BCUT2D eigenvalue weighted by molar-refractivity contribution is -0.137. The molecule has 0 amide bonds. The normalized spacial score (nSPS) is 11.9. The molecule has 0 saturated heterocycles. The summed E-state index contributed by atoms with van der Waals surface area (Å²) in [6.07, 6.45) is -4.33. The molecule has 0 atom stereocenters. The lowest BCUT2D eigenvalue weighted by Crippen LogP contribution is -2.22. The van der Waals surface area contributed by atoms with Gasteiger partial charge in [-0.3, -0.25) is 0 Å². The van der Waals surface area contributed by atoms with Crippen LogP contribution in [0.4, 0.5) is 13.2 Å². The zero-order valence-electron chi connectivity index (χ0n) is 12.3. The Hall–Kier alpha value is -1.63. The van der Waals surface area contributed by atoms with Gasteiger partial charge in [-0.1, -0.05) is 36.4 Å². The molecule has 0 saturated carbocycles. The molecule has 2 nitrogen and oxygen atoms in total. The van der Waals surface area contributed by atoms with E-state index in [2.05, 4.69) is 0 Å². The zero-order valence-corrected chi connectivity index (χ0v) is 13.3. The first-order valence-electron chi connectivity index (χ1n) is 6.64. The zero-order chi connectivity index (χ0) is 16.2. The highest BCUT2D eigenvalue weighted by Gasteiger charge is 2.30. The third-order valence-electron chi connectivity index (χ3n) is 3.28. The number of hydrogen-bond donors (Lipinski definition) is 0. The van der Waals surface area contributed by atoms with Crippen LogP contribution >= 0.6 is 0 Å². The van der Waals surface area contributed by atoms with Crippen LogP contribution in [0.5, 0.6) is 0 Å². The van der Waals surface area contributed by atoms with Gasteiger partial charge in [0.2, 0.25) is 0 Å². The Morgan fingerprint density at radius 2 is 1.55 bits per heavy atom. The van der Waals surface area contributed by atoms with Crippen molar-refractivity contribution in [1.82, 2.24) is 0 Å². The van der Waals surface area contributed by atoms with E-state index in [4.69, 9.17) is 8.85 Å². The molecular formula is C16H16F3O2Si. The van der Waals surface area contributed by atoms with E-state index in [-0.39, 0.29) is 0 Å². The van der Waals surface area contributed by atoms with Gasteiger partial charge in [-0.25, -0.2) is 0 Å². The topological polar surface area (TPSA) is 18.5 Å². The molecule has 6 heteroatoms. The molecule has 0 spiro atoms. The van der Waals surface area contributed by atoms with Gasteiger partial charge in [0.1, 0.15) is 0 Å². The van der Waals surface area contributed by atoms with E-state index in [0.29, 0.717) is 11.6 Å². The Balaban J connectivity index is 2.20. The first-order valence-corrected chi connectivity index (χ1v) is 8.17. The molecule has 22 heavy (non-hydrogen) atoms. The summed E-state index contributed by atoms with van der Waals surface area (Å²) in [6, 6.07) is 13.4. The Bertz CT molecular complexity index is 608. The molecule has 0 aliphatic heterocycles. The van der Waals surface area contributed by atoms with Crippen LogP contribution < -0.4 is 0 Å². The monoisotopic (exact) mass is 325 g/mol. The summed E-state index contributed by atoms with van der Waals surface area (Å²) >= 11 is 0. The van der Waals surface area contributed by atoms with Crippen molar-refractivity contribution in [2.24, 2.45) is 0 Å². The molecule has 2 aromatic carbocycles. The lowest BCUT2D eigenvalue weighted by atomic mass is 10.0. The van der Waals surface area contributed by atoms with E-state index in [1.54, 1.807) is 20.3 Å². The number of rotatable bonds is 5. The Kier molecular flexibility index (Phi) is 5.39. The van der Waals surface area contributed by atoms with E-state index in [1.165, 1.54) is 6.07 Å². The van der Waals surface area contributed by atoms with Crippen LogP contribution in [0.3, 0.4) is 0 Å². The van der Waals surface area contributed by atoms with E-state index in [0.717, 1.165) is 23.3 Å². The van der Waals surface area contributed by atoms with Crippen molar-refractivity contribution >= 4 is 9.28 Å². The predicted octanol–water partition coefficient (Wildman–Crippen LogP) is 4.24. The highest BCUT2D eigenvalue weighted by atomic mass is 28.3. The molecule has 0 unspecified atom stereocenters. The average molecular weight is 325 g/mol. The van der Waals surface area contributed by atoms with Crippen LogP contribution in [0.15, 0.2) is 48.5 Å². The summed E-state index contributed by atoms with van der Waals surface area (Å²) in [5.41, 5.74) is 1.69. The minimum absolute atomic E-state index is 0.547. The van der Waals surface area contributed by atoms with Gasteiger partial charge in [-0.05, 0) is 28.8 Å².